The molecule has 0 bridgehead atoms. The first-order valence-electron chi connectivity index (χ1n) is 23.1. The van der Waals surface area contributed by atoms with Gasteiger partial charge < -0.3 is 34.5 Å². The molecule has 0 heterocycles. The first-order valence-corrected chi connectivity index (χ1v) is 27.3. The molecule has 0 aliphatic heterocycles. The molecule has 17 heteroatoms. The van der Waals surface area contributed by atoms with Gasteiger partial charge in [-0.05, 0) is 181 Å². The maximum atomic E-state index is 9.75. The first-order chi connectivity index (χ1) is 33.6. The fraction of sp³-hybridized carbons (Fsp3) is 0.196. The van der Waals surface area contributed by atoms with Crippen LogP contribution in [0.25, 0.3) is 0 Å². The minimum atomic E-state index is -6.00. The molecule has 386 valence electrons. The molecule has 9 rings (SSSR count). The van der Waals surface area contributed by atoms with Crippen molar-refractivity contribution >= 4 is 59.5 Å². The Morgan fingerprint density at radius 1 is 0.438 bits per heavy atom. The van der Waals surface area contributed by atoms with Crippen LogP contribution in [0.4, 0.5) is 34.5 Å². The number of hydrogen-bond acceptors (Lipinski definition) is 1. The molecule has 0 unspecified atom stereocenters. The van der Waals surface area contributed by atoms with Crippen LogP contribution in [0.5, 0.6) is 0 Å². The van der Waals surface area contributed by atoms with Crippen molar-refractivity contribution < 1.29 is 85.2 Å². The second-order valence-corrected chi connectivity index (χ2v) is 23.5. The normalized spacial score (nSPS) is 18.2. The third kappa shape index (κ3) is 26.3. The number of halogens is 8. The van der Waals surface area contributed by atoms with E-state index in [0.717, 1.165) is 5.66 Å². The van der Waals surface area contributed by atoms with Crippen LogP contribution in [0.15, 0.2) is 121 Å². The van der Waals surface area contributed by atoms with Crippen LogP contribution in [0.2, 0.25) is 0 Å². The van der Waals surface area contributed by atoms with Crippen molar-refractivity contribution in [2.75, 3.05) is 0 Å². The summed E-state index contributed by atoms with van der Waals surface area (Å²) < 4.78 is 78.0. The van der Waals surface area contributed by atoms with Crippen molar-refractivity contribution in [1.82, 2.24) is 0 Å². The van der Waals surface area contributed by atoms with Gasteiger partial charge in [-0.3, -0.25) is 0 Å². The minimum absolute atomic E-state index is 0. The second-order valence-electron chi connectivity index (χ2n) is 16.0. The standard InChI is InChI=1S/C44H45P3.2C5H5.C2H3N.2BF4.2Fe.Ni/c1-34(41-30-18-32-43(41)46(37-22-10-4-11-23-37)38-24-12-5-13-25-38)45(36-20-8-3-9-21-36)35(2)42-31-19-33-44(42)47(39-26-14-6-15-27-39)40-28-16-7-17-29-40;2*1-2-4-5-3-1;1-2-3;2*2-1(3,4)5;;;/h4-7,10-19,22-36H,3,8-9,20-21H2,1-2H3;2*1-5H;1H3;;;;;/q;;;;2*-1;3*+2/t34-,35-;;;;;;;;/m1......../s1. The molecule has 0 aromatic heterocycles. The van der Waals surface area contributed by atoms with Gasteiger partial charge in [0.15, 0.2) is 0 Å². The first kappa shape index (κ1) is 69.8. The summed E-state index contributed by atoms with van der Waals surface area (Å²) in [5.41, 5.74) is 4.95. The number of nitriles is 1. The monoisotopic (exact) mass is 1180 g/mol. The van der Waals surface area contributed by atoms with Crippen LogP contribution in [-0.4, -0.2) is 31.5 Å². The Morgan fingerprint density at radius 3 is 0.904 bits per heavy atom. The van der Waals surface area contributed by atoms with Gasteiger partial charge in [-0.2, -0.15) is 5.26 Å². The van der Waals surface area contributed by atoms with Gasteiger partial charge in [-0.1, -0.05) is 162 Å². The van der Waals surface area contributed by atoms with Crippen molar-refractivity contribution in [2.24, 2.45) is 0 Å². The summed E-state index contributed by atoms with van der Waals surface area (Å²) in [7, 11) is -13.6. The predicted octanol–water partition coefficient (Wildman–Crippen LogP) is 15.5. The molecule has 5 fully saturated rings. The molecule has 2 atom stereocenters. The van der Waals surface area contributed by atoms with Gasteiger partial charge in [0.05, 0.1) is 6.07 Å². The van der Waals surface area contributed by atoms with E-state index < -0.39 is 30.4 Å². The molecular weight excluding hydrogens is 1120 g/mol. The second kappa shape index (κ2) is 38.4. The summed E-state index contributed by atoms with van der Waals surface area (Å²) in [6.45, 7) is 6.62. The molecule has 5 aliphatic carbocycles. The minimum Gasteiger partial charge on any atom is -0.418 e. The molecule has 5 aliphatic rings. The Balaban J connectivity index is 0.000000851. The zero-order valence-corrected chi connectivity index (χ0v) is 46.4. The molecule has 0 N–H and O–H groups in total. The van der Waals surface area contributed by atoms with Crippen molar-refractivity contribution in [3.05, 3.63) is 247 Å². The number of rotatable bonds is 11. The van der Waals surface area contributed by atoms with Crippen LogP contribution in [0.1, 0.15) is 52.9 Å². The van der Waals surface area contributed by atoms with Crippen LogP contribution in [0.3, 0.4) is 0 Å². The Kier molecular flexibility index (Phi) is 36.7. The Morgan fingerprint density at radius 2 is 0.671 bits per heavy atom. The maximum absolute atomic E-state index is 9.75. The van der Waals surface area contributed by atoms with Gasteiger partial charge in [0.1, 0.15) is 0 Å². The summed E-state index contributed by atoms with van der Waals surface area (Å²) in [5, 5.41) is 13.1. The van der Waals surface area contributed by atoms with Gasteiger partial charge in [0.2, 0.25) is 0 Å². The quantitative estimate of drug-likeness (QED) is 0.0834. The summed E-state index contributed by atoms with van der Waals surface area (Å²) in [4.78, 5) is 0. The van der Waals surface area contributed by atoms with Gasteiger partial charge in [-0.15, -0.1) is 0 Å². The third-order valence-electron chi connectivity index (χ3n) is 11.1. The smallest absolute Gasteiger partial charge is 0.418 e. The Hall–Kier alpha value is -1.24. The van der Waals surface area contributed by atoms with E-state index in [-0.39, 0.29) is 58.6 Å². The molecule has 4 aromatic rings. The van der Waals surface area contributed by atoms with E-state index in [1.165, 1.54) is 60.2 Å². The van der Waals surface area contributed by atoms with E-state index in [1.807, 2.05) is 64.2 Å². The van der Waals surface area contributed by atoms with Crippen molar-refractivity contribution in [1.29, 1.82) is 5.26 Å². The molecule has 20 radical (unpaired) electrons. The van der Waals surface area contributed by atoms with Crippen LogP contribution >= 0.6 is 23.8 Å². The number of benzene rings is 4. The van der Waals surface area contributed by atoms with Gasteiger partial charge in [-0.25, -0.2) is 0 Å². The molecule has 5 saturated carbocycles. The topological polar surface area (TPSA) is 23.8 Å². The van der Waals surface area contributed by atoms with E-state index in [1.54, 1.807) is 29.2 Å². The molecule has 1 nitrogen and oxygen atoms in total. The summed E-state index contributed by atoms with van der Waals surface area (Å²) in [6, 6.07) is 46.8. The zero-order valence-electron chi connectivity index (χ0n) is 40.5. The fourth-order valence-electron chi connectivity index (χ4n) is 8.44. The molecular formula is C56H58B2F8Fe2NNiP3+4. The third-order valence-corrected chi connectivity index (χ3v) is 19.8. The Labute approximate surface area is 469 Å². The maximum Gasteiger partial charge on any atom is 2.00 e. The largest absolute Gasteiger partial charge is 2.00 e. The van der Waals surface area contributed by atoms with Crippen molar-refractivity contribution in [2.45, 2.75) is 69.9 Å². The van der Waals surface area contributed by atoms with Gasteiger partial charge in [0.25, 0.3) is 0 Å². The predicted molar refractivity (Wildman–Crippen MR) is 284 cm³/mol. The van der Waals surface area contributed by atoms with E-state index in [9.17, 15) is 34.5 Å². The average molecular weight is 1180 g/mol. The van der Waals surface area contributed by atoms with Crippen molar-refractivity contribution in [3.8, 4) is 6.07 Å². The molecule has 4 aromatic carbocycles. The van der Waals surface area contributed by atoms with Crippen molar-refractivity contribution in [3.63, 3.8) is 0 Å². The SMILES string of the molecule is CC#N.C[C@H]([C]1[CH][CH][CH][C]1P(c1ccccc1)c1ccccc1)P(C1CCCCC1)[C@H](C)[C]1[CH][CH][CH][C]1P(c1ccccc1)c1ccccc1.F[B-](F)(F)F.F[B-](F)(F)F.[CH]1[CH][CH][CH][CH]1.[CH]1[CH][CH][CH][CH]1.[Fe+2].[Fe+2].[Ni+2]. The van der Waals surface area contributed by atoms with Gasteiger partial charge >= 0.3 is 65.1 Å². The van der Waals surface area contributed by atoms with E-state index >= 15 is 0 Å². The molecule has 0 saturated heterocycles. The number of nitrogens with zero attached hydrogens (tertiary/aromatic N) is 1. The average Bonchev–Trinajstić information content (AvgIpc) is 4.21. The summed E-state index contributed by atoms with van der Waals surface area (Å²) in [6.07, 6.45) is 41.5. The van der Waals surface area contributed by atoms with E-state index in [4.69, 9.17) is 5.26 Å². The zero-order chi connectivity index (χ0) is 50.8. The van der Waals surface area contributed by atoms with E-state index in [0.29, 0.717) is 11.3 Å². The van der Waals surface area contributed by atoms with Crippen LogP contribution < -0.4 is 21.2 Å². The van der Waals surface area contributed by atoms with E-state index in [2.05, 4.69) is 174 Å². The fourth-order valence-corrected chi connectivity index (χ4v) is 17.7. The van der Waals surface area contributed by atoms with Crippen LogP contribution in [0, 0.1) is 137 Å². The van der Waals surface area contributed by atoms with Gasteiger partial charge in [0, 0.05) is 18.2 Å². The molecule has 73 heavy (non-hydrogen) atoms. The number of hydrogen-bond donors (Lipinski definition) is 0. The van der Waals surface area contributed by atoms with Crippen LogP contribution in [-0.2, 0) is 50.6 Å². The summed E-state index contributed by atoms with van der Waals surface area (Å²) >= 11 is 0. The molecule has 0 spiro atoms. The Bertz CT molecular complexity index is 1770. The molecule has 0 amide bonds. The summed E-state index contributed by atoms with van der Waals surface area (Å²) in [5.74, 6) is 3.18.